The molecule has 2 aromatic carbocycles. The van der Waals surface area contributed by atoms with E-state index in [1.807, 2.05) is 51.1 Å². The number of anilines is 2. The van der Waals surface area contributed by atoms with Crippen molar-refractivity contribution in [3.05, 3.63) is 53.6 Å². The molecule has 0 aliphatic carbocycles. The Labute approximate surface area is 168 Å². The number of nitrogens with one attached hydrogen (secondary N) is 1. The van der Waals surface area contributed by atoms with E-state index in [4.69, 9.17) is 4.74 Å². The zero-order chi connectivity index (χ0) is 20.1. The molecule has 150 valence electrons. The molecule has 0 aromatic heterocycles. The summed E-state index contributed by atoms with van der Waals surface area (Å²) in [5, 5.41) is 2.99. The average Bonchev–Trinajstić information content (AvgIpc) is 2.69. The summed E-state index contributed by atoms with van der Waals surface area (Å²) in [6, 6.07) is 14.1. The third kappa shape index (κ3) is 5.04. The summed E-state index contributed by atoms with van der Waals surface area (Å²) in [7, 11) is 2.15. The molecule has 3 rings (SSSR count). The minimum Gasteiger partial charge on any atom is -0.480 e. The fourth-order valence-corrected chi connectivity index (χ4v) is 3.35. The van der Waals surface area contributed by atoms with Crippen LogP contribution >= 0.6 is 0 Å². The molecular weight excluding hydrogens is 350 g/mol. The Kier molecular flexibility index (Phi) is 6.57. The summed E-state index contributed by atoms with van der Waals surface area (Å²) in [5.41, 5.74) is 4.15. The van der Waals surface area contributed by atoms with Crippen LogP contribution in [0.25, 0.3) is 0 Å². The van der Waals surface area contributed by atoms with Crippen molar-refractivity contribution >= 4 is 17.3 Å². The number of rotatable bonds is 6. The van der Waals surface area contributed by atoms with Crippen molar-refractivity contribution in [1.82, 2.24) is 4.90 Å². The number of aryl methyl sites for hydroxylation is 2. The monoisotopic (exact) mass is 381 g/mol. The van der Waals surface area contributed by atoms with E-state index in [9.17, 15) is 4.79 Å². The lowest BCUT2D eigenvalue weighted by molar-refractivity contribution is -0.122. The first-order valence-electron chi connectivity index (χ1n) is 10.0. The van der Waals surface area contributed by atoms with Crippen molar-refractivity contribution in [3.8, 4) is 5.75 Å². The molecule has 1 unspecified atom stereocenters. The van der Waals surface area contributed by atoms with Gasteiger partial charge in [-0.1, -0.05) is 19.1 Å². The zero-order valence-electron chi connectivity index (χ0n) is 17.4. The predicted molar refractivity (Wildman–Crippen MR) is 115 cm³/mol. The first kappa shape index (κ1) is 20.2. The normalized spacial score (nSPS) is 15.9. The van der Waals surface area contributed by atoms with Gasteiger partial charge in [-0.3, -0.25) is 4.79 Å². The molecule has 1 aliphatic heterocycles. The summed E-state index contributed by atoms with van der Waals surface area (Å²) in [4.78, 5) is 17.4. The third-order valence-corrected chi connectivity index (χ3v) is 5.28. The SMILES string of the molecule is CCC(Oc1cc(C)ccc1C)C(=O)Nc1ccc(N2CCN(C)CC2)cc1. The smallest absolute Gasteiger partial charge is 0.265 e. The van der Waals surface area contributed by atoms with Crippen LogP contribution in [0.5, 0.6) is 5.75 Å². The van der Waals surface area contributed by atoms with Crippen LogP contribution in [0.3, 0.4) is 0 Å². The van der Waals surface area contributed by atoms with Crippen LogP contribution in [0.15, 0.2) is 42.5 Å². The lowest BCUT2D eigenvalue weighted by Crippen LogP contribution is -2.44. The first-order chi connectivity index (χ1) is 13.5. The van der Waals surface area contributed by atoms with E-state index < -0.39 is 6.10 Å². The van der Waals surface area contributed by atoms with Gasteiger partial charge in [0, 0.05) is 37.6 Å². The van der Waals surface area contributed by atoms with Crippen molar-refractivity contribution in [2.45, 2.75) is 33.3 Å². The minimum absolute atomic E-state index is 0.115. The largest absolute Gasteiger partial charge is 0.480 e. The van der Waals surface area contributed by atoms with Gasteiger partial charge in [-0.2, -0.15) is 0 Å². The molecule has 0 bridgehead atoms. The fourth-order valence-electron chi connectivity index (χ4n) is 3.35. The highest BCUT2D eigenvalue weighted by Gasteiger charge is 2.20. The van der Waals surface area contributed by atoms with Gasteiger partial charge < -0.3 is 19.9 Å². The molecule has 1 atom stereocenters. The molecule has 2 aromatic rings. The van der Waals surface area contributed by atoms with E-state index in [0.29, 0.717) is 6.42 Å². The number of carbonyl (C=O) groups is 1. The van der Waals surface area contributed by atoms with Crippen molar-refractivity contribution in [2.75, 3.05) is 43.4 Å². The molecule has 5 nitrogen and oxygen atoms in total. The molecule has 1 heterocycles. The Morgan fingerprint density at radius 3 is 2.39 bits per heavy atom. The summed E-state index contributed by atoms with van der Waals surface area (Å²) < 4.78 is 6.01. The number of nitrogens with zero attached hydrogens (tertiary/aromatic N) is 2. The Bertz CT molecular complexity index is 796. The molecular formula is C23H31N3O2. The summed E-state index contributed by atoms with van der Waals surface area (Å²) in [5.74, 6) is 0.656. The number of benzene rings is 2. The number of ether oxygens (including phenoxy) is 1. The maximum atomic E-state index is 12.7. The number of hydrogen-bond acceptors (Lipinski definition) is 4. The van der Waals surface area contributed by atoms with Crippen molar-refractivity contribution in [1.29, 1.82) is 0 Å². The quantitative estimate of drug-likeness (QED) is 0.825. The Balaban J connectivity index is 1.61. The van der Waals surface area contributed by atoms with Crippen LogP contribution in [-0.4, -0.2) is 50.1 Å². The Hall–Kier alpha value is -2.53. The van der Waals surface area contributed by atoms with Gasteiger partial charge in [0.25, 0.3) is 5.91 Å². The maximum absolute atomic E-state index is 12.7. The lowest BCUT2D eigenvalue weighted by Gasteiger charge is -2.34. The molecule has 0 radical (unpaired) electrons. The van der Waals surface area contributed by atoms with Gasteiger partial charge in [0.1, 0.15) is 5.75 Å². The number of amides is 1. The first-order valence-corrected chi connectivity index (χ1v) is 10.0. The fraction of sp³-hybridized carbons (Fsp3) is 0.435. The summed E-state index contributed by atoms with van der Waals surface area (Å²) in [6.45, 7) is 10.2. The van der Waals surface area contributed by atoms with E-state index in [0.717, 1.165) is 48.7 Å². The van der Waals surface area contributed by atoms with E-state index in [1.54, 1.807) is 0 Å². The molecule has 1 aliphatic rings. The molecule has 0 spiro atoms. The van der Waals surface area contributed by atoms with E-state index in [-0.39, 0.29) is 5.91 Å². The van der Waals surface area contributed by atoms with Crippen molar-refractivity contribution in [2.24, 2.45) is 0 Å². The highest BCUT2D eigenvalue weighted by molar-refractivity contribution is 5.94. The van der Waals surface area contributed by atoms with Crippen molar-refractivity contribution in [3.63, 3.8) is 0 Å². The van der Waals surface area contributed by atoms with E-state index in [1.165, 1.54) is 5.69 Å². The number of likely N-dealkylation sites (N-methyl/N-ethyl adjacent to an activating group) is 1. The van der Waals surface area contributed by atoms with Crippen LogP contribution in [0.1, 0.15) is 24.5 Å². The maximum Gasteiger partial charge on any atom is 0.265 e. The Morgan fingerprint density at radius 1 is 1.07 bits per heavy atom. The topological polar surface area (TPSA) is 44.8 Å². The third-order valence-electron chi connectivity index (χ3n) is 5.28. The Morgan fingerprint density at radius 2 is 1.75 bits per heavy atom. The van der Waals surface area contributed by atoms with Gasteiger partial charge in [-0.15, -0.1) is 0 Å². The molecule has 1 saturated heterocycles. The van der Waals surface area contributed by atoms with Crippen LogP contribution < -0.4 is 15.0 Å². The molecule has 1 amide bonds. The number of carbonyl (C=O) groups excluding carboxylic acids is 1. The molecule has 0 saturated carbocycles. The van der Waals surface area contributed by atoms with Gasteiger partial charge in [0.2, 0.25) is 0 Å². The van der Waals surface area contributed by atoms with Crippen LogP contribution in [0.2, 0.25) is 0 Å². The van der Waals surface area contributed by atoms with Gasteiger partial charge >= 0.3 is 0 Å². The average molecular weight is 382 g/mol. The van der Waals surface area contributed by atoms with Crippen LogP contribution in [-0.2, 0) is 4.79 Å². The van der Waals surface area contributed by atoms with Crippen molar-refractivity contribution < 1.29 is 9.53 Å². The van der Waals surface area contributed by atoms with E-state index in [2.05, 4.69) is 34.3 Å². The second-order valence-electron chi connectivity index (χ2n) is 7.61. The second kappa shape index (κ2) is 9.11. The summed E-state index contributed by atoms with van der Waals surface area (Å²) in [6.07, 6.45) is 0.0938. The van der Waals surface area contributed by atoms with Crippen LogP contribution in [0.4, 0.5) is 11.4 Å². The molecule has 1 N–H and O–H groups in total. The van der Waals surface area contributed by atoms with E-state index >= 15 is 0 Å². The standard InChI is InChI=1S/C23H31N3O2/c1-5-21(28-22-16-17(2)6-7-18(22)3)23(27)24-19-8-10-20(11-9-19)26-14-12-25(4)13-15-26/h6-11,16,21H,5,12-15H2,1-4H3,(H,24,27). The molecule has 1 fully saturated rings. The van der Waals surface area contributed by atoms with Gasteiger partial charge in [-0.05, 0) is 68.8 Å². The highest BCUT2D eigenvalue weighted by Crippen LogP contribution is 2.23. The van der Waals surface area contributed by atoms with Gasteiger partial charge in [0.05, 0.1) is 0 Å². The molecule has 28 heavy (non-hydrogen) atoms. The highest BCUT2D eigenvalue weighted by atomic mass is 16.5. The summed E-state index contributed by atoms with van der Waals surface area (Å²) >= 11 is 0. The predicted octanol–water partition coefficient (Wildman–Crippen LogP) is 3.85. The molecule has 5 heteroatoms. The lowest BCUT2D eigenvalue weighted by atomic mass is 10.1. The minimum atomic E-state index is -0.516. The van der Waals surface area contributed by atoms with Gasteiger partial charge in [-0.25, -0.2) is 0 Å². The zero-order valence-corrected chi connectivity index (χ0v) is 17.4. The second-order valence-corrected chi connectivity index (χ2v) is 7.61. The van der Waals surface area contributed by atoms with Crippen LogP contribution in [0, 0.1) is 13.8 Å². The number of hydrogen-bond donors (Lipinski definition) is 1. The number of piperazine rings is 1. The van der Waals surface area contributed by atoms with Gasteiger partial charge in [0.15, 0.2) is 6.10 Å².